The molecule has 0 saturated carbocycles. The van der Waals surface area contributed by atoms with Crippen LogP contribution in [0.2, 0.25) is 0 Å². The van der Waals surface area contributed by atoms with E-state index in [4.69, 9.17) is 4.74 Å². The maximum Gasteiger partial charge on any atom is 0.255 e. The van der Waals surface area contributed by atoms with Crippen molar-refractivity contribution < 1.29 is 13.9 Å². The molecule has 0 fully saturated rings. The third-order valence-electron chi connectivity index (χ3n) is 3.09. The van der Waals surface area contributed by atoms with Crippen LogP contribution in [0.3, 0.4) is 0 Å². The Morgan fingerprint density at radius 3 is 2.76 bits per heavy atom. The molecule has 1 N–H and O–H groups in total. The van der Waals surface area contributed by atoms with E-state index in [1.807, 2.05) is 12.1 Å². The highest BCUT2D eigenvalue weighted by Crippen LogP contribution is 2.26. The molecule has 3 nitrogen and oxygen atoms in total. The van der Waals surface area contributed by atoms with Crippen LogP contribution in [-0.2, 0) is 11.3 Å². The average molecular weight is 352 g/mol. The molecule has 21 heavy (non-hydrogen) atoms. The molecule has 0 aromatic heterocycles. The fourth-order valence-corrected chi connectivity index (χ4v) is 2.52. The van der Waals surface area contributed by atoms with Crippen molar-refractivity contribution in [2.24, 2.45) is 0 Å². The van der Waals surface area contributed by atoms with E-state index in [2.05, 4.69) is 21.2 Å². The minimum absolute atomic E-state index is 0.275. The lowest BCUT2D eigenvalue weighted by atomic mass is 10.1. The van der Waals surface area contributed by atoms with E-state index >= 15 is 0 Å². The standard InChI is InChI=1S/C16H15BrFNO2/c1-10-8-11(18)6-7-12(10)16(20)19-15-5-3-4-14(17)13(15)9-21-2/h3-8H,9H2,1-2H3,(H,19,20). The van der Waals surface area contributed by atoms with E-state index in [1.165, 1.54) is 18.2 Å². The number of nitrogens with one attached hydrogen (secondary N) is 1. The van der Waals surface area contributed by atoms with Gasteiger partial charge in [0.25, 0.3) is 5.91 Å². The Bertz CT molecular complexity index is 673. The summed E-state index contributed by atoms with van der Waals surface area (Å²) < 4.78 is 19.1. The molecular formula is C16H15BrFNO2. The van der Waals surface area contributed by atoms with Gasteiger partial charge in [-0.2, -0.15) is 0 Å². The van der Waals surface area contributed by atoms with Crippen LogP contribution in [0.1, 0.15) is 21.5 Å². The largest absolute Gasteiger partial charge is 0.380 e. The van der Waals surface area contributed by atoms with Gasteiger partial charge in [-0.15, -0.1) is 0 Å². The molecule has 0 atom stereocenters. The second-order valence-electron chi connectivity index (χ2n) is 4.61. The summed E-state index contributed by atoms with van der Waals surface area (Å²) in [5, 5.41) is 2.84. The number of aryl methyl sites for hydroxylation is 1. The molecule has 0 spiro atoms. The molecule has 0 unspecified atom stereocenters. The van der Waals surface area contributed by atoms with Gasteiger partial charge in [0.05, 0.1) is 6.61 Å². The zero-order valence-electron chi connectivity index (χ0n) is 11.7. The Balaban J connectivity index is 2.29. The Kier molecular flexibility index (Phi) is 5.09. The fourth-order valence-electron chi connectivity index (χ4n) is 2.04. The Morgan fingerprint density at radius 1 is 1.33 bits per heavy atom. The normalized spacial score (nSPS) is 10.5. The summed E-state index contributed by atoms with van der Waals surface area (Å²) in [5.41, 5.74) is 2.56. The van der Waals surface area contributed by atoms with Crippen molar-refractivity contribution >= 4 is 27.5 Å². The third-order valence-corrected chi connectivity index (χ3v) is 3.83. The van der Waals surface area contributed by atoms with Gasteiger partial charge < -0.3 is 10.1 Å². The van der Waals surface area contributed by atoms with Crippen LogP contribution < -0.4 is 5.32 Å². The summed E-state index contributed by atoms with van der Waals surface area (Å²) in [7, 11) is 1.59. The minimum Gasteiger partial charge on any atom is -0.380 e. The smallest absolute Gasteiger partial charge is 0.255 e. The monoisotopic (exact) mass is 351 g/mol. The number of rotatable bonds is 4. The lowest BCUT2D eigenvalue weighted by Crippen LogP contribution is -2.15. The van der Waals surface area contributed by atoms with Gasteiger partial charge in [-0.3, -0.25) is 4.79 Å². The molecule has 0 saturated heterocycles. The van der Waals surface area contributed by atoms with Crippen LogP contribution in [-0.4, -0.2) is 13.0 Å². The molecule has 0 aliphatic carbocycles. The summed E-state index contributed by atoms with van der Waals surface area (Å²) in [6, 6.07) is 9.61. The molecule has 1 amide bonds. The molecule has 110 valence electrons. The molecule has 2 rings (SSSR count). The molecule has 0 heterocycles. The van der Waals surface area contributed by atoms with Crippen molar-refractivity contribution in [3.05, 3.63) is 63.4 Å². The number of methoxy groups -OCH3 is 1. The highest BCUT2D eigenvalue weighted by atomic mass is 79.9. The quantitative estimate of drug-likeness (QED) is 0.891. The van der Waals surface area contributed by atoms with Crippen molar-refractivity contribution in [2.45, 2.75) is 13.5 Å². The summed E-state index contributed by atoms with van der Waals surface area (Å²) in [5.74, 6) is -0.630. The van der Waals surface area contributed by atoms with Gasteiger partial charge in [0, 0.05) is 28.4 Å². The lowest BCUT2D eigenvalue weighted by Gasteiger charge is -2.13. The first kappa shape index (κ1) is 15.7. The molecule has 0 aliphatic rings. The SMILES string of the molecule is COCc1c(Br)cccc1NC(=O)c1ccc(F)cc1C. The van der Waals surface area contributed by atoms with Crippen LogP contribution in [0.5, 0.6) is 0 Å². The van der Waals surface area contributed by atoms with Crippen LogP contribution in [0.15, 0.2) is 40.9 Å². The fraction of sp³-hybridized carbons (Fsp3) is 0.188. The third kappa shape index (κ3) is 3.68. The number of amides is 1. The summed E-state index contributed by atoms with van der Waals surface area (Å²) in [4.78, 5) is 12.3. The van der Waals surface area contributed by atoms with Gasteiger partial charge in [-0.1, -0.05) is 22.0 Å². The molecule has 0 bridgehead atoms. The molecule has 0 radical (unpaired) electrons. The Labute approximate surface area is 131 Å². The molecule has 5 heteroatoms. The van der Waals surface area contributed by atoms with Crippen molar-refractivity contribution in [3.63, 3.8) is 0 Å². The molecule has 2 aromatic carbocycles. The van der Waals surface area contributed by atoms with Crippen molar-refractivity contribution in [3.8, 4) is 0 Å². The predicted octanol–water partition coefficient (Wildman–Crippen LogP) is 4.30. The number of hydrogen-bond acceptors (Lipinski definition) is 2. The van der Waals surface area contributed by atoms with Gasteiger partial charge in [-0.05, 0) is 42.8 Å². The molecule has 2 aromatic rings. The van der Waals surface area contributed by atoms with E-state index in [0.717, 1.165) is 10.0 Å². The van der Waals surface area contributed by atoms with Crippen LogP contribution in [0, 0.1) is 12.7 Å². The molecular weight excluding hydrogens is 337 g/mol. The van der Waals surface area contributed by atoms with Crippen molar-refractivity contribution in [1.82, 2.24) is 0 Å². The van der Waals surface area contributed by atoms with E-state index in [1.54, 1.807) is 20.1 Å². The van der Waals surface area contributed by atoms with Crippen molar-refractivity contribution in [1.29, 1.82) is 0 Å². The topological polar surface area (TPSA) is 38.3 Å². The number of anilines is 1. The lowest BCUT2D eigenvalue weighted by molar-refractivity contribution is 0.102. The van der Waals surface area contributed by atoms with E-state index in [9.17, 15) is 9.18 Å². The van der Waals surface area contributed by atoms with E-state index in [0.29, 0.717) is 23.4 Å². The first-order valence-electron chi connectivity index (χ1n) is 6.36. The van der Waals surface area contributed by atoms with Gasteiger partial charge in [0.2, 0.25) is 0 Å². The molecule has 0 aliphatic heterocycles. The maximum atomic E-state index is 13.1. The summed E-state index contributed by atoms with van der Waals surface area (Å²) in [6.07, 6.45) is 0. The van der Waals surface area contributed by atoms with Gasteiger partial charge in [0.1, 0.15) is 5.82 Å². The van der Waals surface area contributed by atoms with Crippen LogP contribution in [0.25, 0.3) is 0 Å². The minimum atomic E-state index is -0.355. The summed E-state index contributed by atoms with van der Waals surface area (Å²) in [6.45, 7) is 2.08. The summed E-state index contributed by atoms with van der Waals surface area (Å²) >= 11 is 3.44. The van der Waals surface area contributed by atoms with Gasteiger partial charge in [-0.25, -0.2) is 4.39 Å². The number of hydrogen-bond donors (Lipinski definition) is 1. The highest BCUT2D eigenvalue weighted by Gasteiger charge is 2.13. The second kappa shape index (κ2) is 6.83. The number of benzene rings is 2. The number of carbonyl (C=O) groups is 1. The second-order valence-corrected chi connectivity index (χ2v) is 5.47. The van der Waals surface area contributed by atoms with E-state index in [-0.39, 0.29) is 11.7 Å². The van der Waals surface area contributed by atoms with Gasteiger partial charge >= 0.3 is 0 Å². The first-order valence-corrected chi connectivity index (χ1v) is 7.16. The first-order chi connectivity index (χ1) is 10.0. The average Bonchev–Trinajstić information content (AvgIpc) is 2.42. The number of halogens is 2. The Hall–Kier alpha value is -1.72. The van der Waals surface area contributed by atoms with Crippen molar-refractivity contribution in [2.75, 3.05) is 12.4 Å². The predicted molar refractivity (Wildman–Crippen MR) is 83.9 cm³/mol. The zero-order valence-corrected chi connectivity index (χ0v) is 13.3. The van der Waals surface area contributed by atoms with Crippen LogP contribution >= 0.6 is 15.9 Å². The highest BCUT2D eigenvalue weighted by molar-refractivity contribution is 9.10. The Morgan fingerprint density at radius 2 is 2.10 bits per heavy atom. The maximum absolute atomic E-state index is 13.1. The van der Waals surface area contributed by atoms with E-state index < -0.39 is 0 Å². The van der Waals surface area contributed by atoms with Gasteiger partial charge in [0.15, 0.2) is 0 Å². The number of carbonyl (C=O) groups excluding carboxylic acids is 1. The van der Waals surface area contributed by atoms with Crippen LogP contribution in [0.4, 0.5) is 10.1 Å². The number of ether oxygens (including phenoxy) is 1. The zero-order chi connectivity index (χ0) is 15.4.